The van der Waals surface area contributed by atoms with Crippen molar-refractivity contribution in [3.8, 4) is 0 Å². The second-order valence-corrected chi connectivity index (χ2v) is 8.04. The Labute approximate surface area is 156 Å². The fourth-order valence-electron chi connectivity index (χ4n) is 3.32. The highest BCUT2D eigenvalue weighted by Crippen LogP contribution is 2.44. The largest absolute Gasteiger partial charge is 0.341 e. The topological polar surface area (TPSA) is 67.8 Å². The predicted molar refractivity (Wildman–Crippen MR) is 102 cm³/mol. The summed E-state index contributed by atoms with van der Waals surface area (Å²) in [6, 6.07) is 16.8. The van der Waals surface area contributed by atoms with E-state index in [4.69, 9.17) is 4.74 Å². The molecular weight excluding hydrogens is 367 g/mol. The van der Waals surface area contributed by atoms with Gasteiger partial charge in [0.05, 0.1) is 4.90 Å². The van der Waals surface area contributed by atoms with Gasteiger partial charge < -0.3 is 4.74 Å². The van der Waals surface area contributed by atoms with E-state index in [1.807, 2.05) is 19.1 Å². The number of nitrogens with one attached hydrogen (secondary N) is 1. The summed E-state index contributed by atoms with van der Waals surface area (Å²) < 4.78 is 45.9. The first-order chi connectivity index (χ1) is 12.9. The second kappa shape index (κ2) is 6.14. The first-order valence-corrected chi connectivity index (χ1v) is 9.78. The average molecular weight is 384 g/mol. The second-order valence-electron chi connectivity index (χ2n) is 6.38. The Bertz CT molecular complexity index is 1170. The molecule has 0 bridgehead atoms. The summed E-state index contributed by atoms with van der Waals surface area (Å²) in [5.74, 6) is -2.33. The van der Waals surface area contributed by atoms with Crippen molar-refractivity contribution in [1.29, 1.82) is 0 Å². The van der Waals surface area contributed by atoms with E-state index in [2.05, 4.69) is 9.93 Å². The summed E-state index contributed by atoms with van der Waals surface area (Å²) in [5.41, 5.74) is 1.62. The fourth-order valence-corrected chi connectivity index (χ4v) is 4.13. The number of sulfonamides is 1. The lowest BCUT2D eigenvalue weighted by Gasteiger charge is -2.20. The Morgan fingerprint density at radius 2 is 1.70 bits per heavy atom. The number of rotatable bonds is 4. The molecule has 5 nitrogen and oxygen atoms in total. The van der Waals surface area contributed by atoms with Crippen molar-refractivity contribution in [2.45, 2.75) is 17.7 Å². The lowest BCUT2D eigenvalue weighted by atomic mass is 10.0. The summed E-state index contributed by atoms with van der Waals surface area (Å²) in [6.07, 6.45) is 0. The van der Waals surface area contributed by atoms with E-state index < -0.39 is 15.9 Å². The molecule has 1 aliphatic rings. The predicted octanol–water partition coefficient (Wildman–Crippen LogP) is 3.61. The maximum Gasteiger partial charge on any atom is 0.281 e. The van der Waals surface area contributed by atoms with Crippen LogP contribution in [0.5, 0.6) is 0 Å². The van der Waals surface area contributed by atoms with Gasteiger partial charge >= 0.3 is 0 Å². The standard InChI is InChI=1S/C20H17FN2O3S/c1-13-9-11-15(12-10-13)27(24,25)23-22-19-16-7-3-5-14-6-4-8-17(18(14)16)20(19,21)26-2/h3-12,23H,1-2H3/b22-19+. The van der Waals surface area contributed by atoms with Gasteiger partial charge in [-0.1, -0.05) is 54.1 Å². The molecule has 27 heavy (non-hydrogen) atoms. The van der Waals surface area contributed by atoms with E-state index >= 15 is 4.39 Å². The van der Waals surface area contributed by atoms with Crippen LogP contribution in [0, 0.1) is 6.92 Å². The molecule has 0 heterocycles. The number of methoxy groups -OCH3 is 1. The zero-order valence-electron chi connectivity index (χ0n) is 14.7. The van der Waals surface area contributed by atoms with Crippen LogP contribution in [-0.4, -0.2) is 21.2 Å². The third-order valence-corrected chi connectivity index (χ3v) is 5.93. The van der Waals surface area contributed by atoms with Gasteiger partial charge in [-0.15, -0.1) is 0 Å². The highest BCUT2D eigenvalue weighted by atomic mass is 32.2. The molecule has 0 aromatic heterocycles. The Kier molecular flexibility index (Phi) is 4.01. The van der Waals surface area contributed by atoms with Gasteiger partial charge in [0, 0.05) is 23.6 Å². The van der Waals surface area contributed by atoms with Crippen molar-refractivity contribution in [2.24, 2.45) is 5.10 Å². The third kappa shape index (κ3) is 2.70. The van der Waals surface area contributed by atoms with Gasteiger partial charge in [-0.3, -0.25) is 0 Å². The Morgan fingerprint density at radius 1 is 1.04 bits per heavy atom. The maximum absolute atomic E-state index is 15.7. The zero-order chi connectivity index (χ0) is 19.2. The molecule has 138 valence electrons. The van der Waals surface area contributed by atoms with Gasteiger partial charge in [-0.05, 0) is 24.4 Å². The number of hydrogen-bond donors (Lipinski definition) is 1. The van der Waals surface area contributed by atoms with Gasteiger partial charge in [0.25, 0.3) is 15.9 Å². The van der Waals surface area contributed by atoms with Crippen molar-refractivity contribution in [1.82, 2.24) is 4.83 Å². The van der Waals surface area contributed by atoms with E-state index in [0.717, 1.165) is 10.9 Å². The van der Waals surface area contributed by atoms with Crippen LogP contribution in [0.4, 0.5) is 4.39 Å². The Balaban J connectivity index is 1.81. The van der Waals surface area contributed by atoms with Gasteiger partial charge in [-0.2, -0.15) is 22.7 Å². The van der Waals surface area contributed by atoms with Gasteiger partial charge in [0.1, 0.15) is 5.71 Å². The molecule has 3 aromatic carbocycles. The fraction of sp³-hybridized carbons (Fsp3) is 0.150. The summed E-state index contributed by atoms with van der Waals surface area (Å²) >= 11 is 0. The molecule has 1 N–H and O–H groups in total. The van der Waals surface area contributed by atoms with Crippen LogP contribution in [0.2, 0.25) is 0 Å². The van der Waals surface area contributed by atoms with E-state index in [0.29, 0.717) is 16.5 Å². The summed E-state index contributed by atoms with van der Waals surface area (Å²) in [5, 5.41) is 5.43. The normalized spacial score (nSPS) is 20.3. The molecule has 0 radical (unpaired) electrons. The monoisotopic (exact) mass is 384 g/mol. The molecule has 0 amide bonds. The lowest BCUT2D eigenvalue weighted by Crippen LogP contribution is -2.32. The van der Waals surface area contributed by atoms with Gasteiger partial charge in [0.2, 0.25) is 0 Å². The number of ether oxygens (including phenoxy) is 1. The molecular formula is C20H17FN2O3S. The number of aryl methyl sites for hydroxylation is 1. The average Bonchev–Trinajstić information content (AvgIpc) is 2.91. The minimum atomic E-state index is -3.94. The van der Waals surface area contributed by atoms with E-state index in [9.17, 15) is 8.42 Å². The summed E-state index contributed by atoms with van der Waals surface area (Å²) in [7, 11) is -2.71. The molecule has 0 aliphatic heterocycles. The molecule has 0 fully saturated rings. The third-order valence-electron chi connectivity index (χ3n) is 4.70. The minimum absolute atomic E-state index is 0.0491. The number of hydrazone groups is 1. The molecule has 3 aromatic rings. The van der Waals surface area contributed by atoms with Crippen molar-refractivity contribution >= 4 is 26.5 Å². The van der Waals surface area contributed by atoms with E-state index in [1.54, 1.807) is 36.4 Å². The number of nitrogens with zero attached hydrogens (tertiary/aromatic N) is 1. The number of benzene rings is 3. The zero-order valence-corrected chi connectivity index (χ0v) is 15.5. The van der Waals surface area contributed by atoms with Crippen LogP contribution in [0.15, 0.2) is 70.7 Å². The molecule has 1 atom stereocenters. The van der Waals surface area contributed by atoms with Crippen molar-refractivity contribution in [2.75, 3.05) is 7.11 Å². The van der Waals surface area contributed by atoms with Crippen molar-refractivity contribution in [3.63, 3.8) is 0 Å². The van der Waals surface area contributed by atoms with Crippen LogP contribution in [0.3, 0.4) is 0 Å². The maximum atomic E-state index is 15.7. The van der Waals surface area contributed by atoms with Gasteiger partial charge in [0.15, 0.2) is 0 Å². The first kappa shape index (κ1) is 17.6. The van der Waals surface area contributed by atoms with Crippen LogP contribution in [0.25, 0.3) is 10.8 Å². The lowest BCUT2D eigenvalue weighted by molar-refractivity contribution is -0.0630. The van der Waals surface area contributed by atoms with Gasteiger partial charge in [-0.25, -0.2) is 0 Å². The van der Waals surface area contributed by atoms with Crippen molar-refractivity contribution in [3.05, 3.63) is 77.4 Å². The van der Waals surface area contributed by atoms with Crippen LogP contribution in [0.1, 0.15) is 16.7 Å². The molecule has 0 saturated heterocycles. The number of hydrogen-bond acceptors (Lipinski definition) is 4. The Hall–Kier alpha value is -2.77. The summed E-state index contributed by atoms with van der Waals surface area (Å²) in [4.78, 5) is 2.19. The van der Waals surface area contributed by atoms with E-state index in [1.165, 1.54) is 19.2 Å². The molecule has 0 spiro atoms. The first-order valence-electron chi connectivity index (χ1n) is 8.30. The minimum Gasteiger partial charge on any atom is -0.341 e. The number of halogens is 1. The van der Waals surface area contributed by atoms with E-state index in [-0.39, 0.29) is 10.6 Å². The van der Waals surface area contributed by atoms with Crippen LogP contribution in [-0.2, 0) is 20.6 Å². The molecule has 7 heteroatoms. The molecule has 0 saturated carbocycles. The van der Waals surface area contributed by atoms with Crippen LogP contribution < -0.4 is 4.83 Å². The molecule has 4 rings (SSSR count). The number of alkyl halides is 1. The molecule has 1 aliphatic carbocycles. The quantitative estimate of drug-likeness (QED) is 0.699. The SMILES string of the molecule is COC1(F)/C(=N/NS(=O)(=O)c2ccc(C)cc2)c2cccc3cccc1c23. The van der Waals surface area contributed by atoms with Crippen molar-refractivity contribution < 1.29 is 17.5 Å². The highest BCUT2D eigenvalue weighted by Gasteiger charge is 2.47. The van der Waals surface area contributed by atoms with Crippen LogP contribution >= 0.6 is 0 Å². The molecule has 1 unspecified atom stereocenters. The Morgan fingerprint density at radius 3 is 2.37 bits per heavy atom. The smallest absolute Gasteiger partial charge is 0.281 e. The summed E-state index contributed by atoms with van der Waals surface area (Å²) in [6.45, 7) is 1.86. The highest BCUT2D eigenvalue weighted by molar-refractivity contribution is 7.89.